The van der Waals surface area contributed by atoms with E-state index >= 15 is 0 Å². The van der Waals surface area contributed by atoms with E-state index in [-0.39, 0.29) is 24.0 Å². The maximum Gasteiger partial charge on any atom is 0.193 e. The molecule has 1 unspecified atom stereocenters. The Kier molecular flexibility index (Phi) is 9.90. The van der Waals surface area contributed by atoms with E-state index in [4.69, 9.17) is 16.3 Å². The lowest BCUT2D eigenvalue weighted by Crippen LogP contribution is -2.40. The molecule has 4 nitrogen and oxygen atoms in total. The third kappa shape index (κ3) is 6.85. The summed E-state index contributed by atoms with van der Waals surface area (Å²) >= 11 is 5.90. The molecule has 0 aliphatic carbocycles. The number of methoxy groups -OCH3 is 1. The van der Waals surface area contributed by atoms with E-state index < -0.39 is 0 Å². The van der Waals surface area contributed by atoms with Crippen molar-refractivity contribution in [2.75, 3.05) is 40.4 Å². The van der Waals surface area contributed by atoms with E-state index in [1.807, 2.05) is 19.2 Å². The number of hydrogen-bond acceptors (Lipinski definition) is 2. The van der Waals surface area contributed by atoms with Crippen molar-refractivity contribution >= 4 is 41.5 Å². The molecule has 1 aromatic rings. The summed E-state index contributed by atoms with van der Waals surface area (Å²) in [5, 5.41) is 4.26. The molecule has 1 atom stereocenters. The average Bonchev–Trinajstić information content (AvgIpc) is 2.98. The molecule has 0 aromatic heterocycles. The van der Waals surface area contributed by atoms with Crippen LogP contribution in [0.25, 0.3) is 0 Å². The fourth-order valence-electron chi connectivity index (χ4n) is 2.87. The van der Waals surface area contributed by atoms with Crippen molar-refractivity contribution in [1.29, 1.82) is 0 Å². The third-order valence-corrected chi connectivity index (χ3v) is 4.29. The van der Waals surface area contributed by atoms with Gasteiger partial charge in [0, 0.05) is 44.7 Å². The topological polar surface area (TPSA) is 36.9 Å². The standard InChI is InChI=1S/C17H26ClN3O.HI/c1-19-17(21-11-9-15(12-21)13-22-2)20-10-3-4-14-5-7-16(18)8-6-14;/h5-8,15H,3-4,9-13H2,1-2H3,(H,19,20);1H. The number of likely N-dealkylation sites (tertiary alicyclic amines) is 1. The summed E-state index contributed by atoms with van der Waals surface area (Å²) in [7, 11) is 3.62. The highest BCUT2D eigenvalue weighted by Gasteiger charge is 2.24. The fourth-order valence-corrected chi connectivity index (χ4v) is 3.00. The van der Waals surface area contributed by atoms with Gasteiger partial charge in [0.2, 0.25) is 0 Å². The van der Waals surface area contributed by atoms with Crippen molar-refractivity contribution in [3.63, 3.8) is 0 Å². The fraction of sp³-hybridized carbons (Fsp3) is 0.588. The molecule has 23 heavy (non-hydrogen) atoms. The zero-order chi connectivity index (χ0) is 15.8. The van der Waals surface area contributed by atoms with Gasteiger partial charge in [-0.3, -0.25) is 4.99 Å². The van der Waals surface area contributed by atoms with Gasteiger partial charge in [-0.15, -0.1) is 24.0 Å². The van der Waals surface area contributed by atoms with Crippen LogP contribution < -0.4 is 5.32 Å². The zero-order valence-electron chi connectivity index (χ0n) is 13.9. The Morgan fingerprint density at radius 1 is 1.39 bits per heavy atom. The van der Waals surface area contributed by atoms with Gasteiger partial charge in [0.05, 0.1) is 6.61 Å². The quantitative estimate of drug-likeness (QED) is 0.312. The van der Waals surface area contributed by atoms with Gasteiger partial charge < -0.3 is 15.0 Å². The Morgan fingerprint density at radius 3 is 2.78 bits per heavy atom. The Hall–Kier alpha value is -0.530. The van der Waals surface area contributed by atoms with Crippen LogP contribution in [0.4, 0.5) is 0 Å². The number of aryl methyl sites for hydroxylation is 1. The van der Waals surface area contributed by atoms with Crippen molar-refractivity contribution in [3.05, 3.63) is 34.9 Å². The molecular formula is C17H27ClIN3O. The number of halogens is 2. The first-order chi connectivity index (χ1) is 10.7. The number of guanidine groups is 1. The molecule has 0 spiro atoms. The summed E-state index contributed by atoms with van der Waals surface area (Å²) in [6.07, 6.45) is 3.31. The lowest BCUT2D eigenvalue weighted by Gasteiger charge is -2.21. The van der Waals surface area contributed by atoms with Crippen LogP contribution in [0.15, 0.2) is 29.3 Å². The molecule has 1 aliphatic rings. The van der Waals surface area contributed by atoms with Crippen LogP contribution in [0.5, 0.6) is 0 Å². The molecule has 1 heterocycles. The van der Waals surface area contributed by atoms with E-state index in [0.29, 0.717) is 5.92 Å². The van der Waals surface area contributed by atoms with Crippen LogP contribution in [-0.4, -0.2) is 51.3 Å². The summed E-state index contributed by atoms with van der Waals surface area (Å²) in [6, 6.07) is 8.08. The van der Waals surface area contributed by atoms with Crippen molar-refractivity contribution in [2.45, 2.75) is 19.3 Å². The number of rotatable bonds is 6. The summed E-state index contributed by atoms with van der Waals surface area (Å²) in [5.41, 5.74) is 1.32. The SMILES string of the molecule is CN=C(NCCCc1ccc(Cl)cc1)N1CCC(COC)C1.I. The molecule has 1 fully saturated rings. The molecule has 0 radical (unpaired) electrons. The first-order valence-electron chi connectivity index (χ1n) is 7.92. The monoisotopic (exact) mass is 451 g/mol. The number of benzene rings is 1. The molecule has 6 heteroatoms. The van der Waals surface area contributed by atoms with E-state index in [0.717, 1.165) is 50.1 Å². The van der Waals surface area contributed by atoms with E-state index in [9.17, 15) is 0 Å². The highest BCUT2D eigenvalue weighted by molar-refractivity contribution is 14.0. The first kappa shape index (κ1) is 20.5. The minimum atomic E-state index is 0. The number of aliphatic imine (C=N–C) groups is 1. The normalized spacial score (nSPS) is 18.0. The predicted octanol–water partition coefficient (Wildman–Crippen LogP) is 3.43. The summed E-state index contributed by atoms with van der Waals surface area (Å²) in [4.78, 5) is 6.72. The van der Waals surface area contributed by atoms with Gasteiger partial charge in [-0.05, 0) is 37.0 Å². The van der Waals surface area contributed by atoms with Gasteiger partial charge in [-0.25, -0.2) is 0 Å². The van der Waals surface area contributed by atoms with Crippen LogP contribution in [-0.2, 0) is 11.2 Å². The lowest BCUT2D eigenvalue weighted by molar-refractivity contribution is 0.157. The minimum Gasteiger partial charge on any atom is -0.384 e. The molecule has 1 aromatic carbocycles. The van der Waals surface area contributed by atoms with Crippen LogP contribution in [0.2, 0.25) is 5.02 Å². The molecule has 1 aliphatic heterocycles. The molecule has 2 rings (SSSR count). The largest absolute Gasteiger partial charge is 0.384 e. The Morgan fingerprint density at radius 2 is 2.13 bits per heavy atom. The molecule has 1 N–H and O–H groups in total. The second kappa shape index (κ2) is 11.1. The minimum absolute atomic E-state index is 0. The van der Waals surface area contributed by atoms with Gasteiger partial charge in [0.15, 0.2) is 5.96 Å². The Labute approximate surface area is 161 Å². The van der Waals surface area contributed by atoms with Crippen molar-refractivity contribution < 1.29 is 4.74 Å². The third-order valence-electron chi connectivity index (χ3n) is 4.04. The van der Waals surface area contributed by atoms with Gasteiger partial charge in [-0.2, -0.15) is 0 Å². The van der Waals surface area contributed by atoms with Gasteiger partial charge in [0.25, 0.3) is 0 Å². The molecule has 0 amide bonds. The van der Waals surface area contributed by atoms with E-state index in [1.54, 1.807) is 7.11 Å². The highest BCUT2D eigenvalue weighted by Crippen LogP contribution is 2.16. The lowest BCUT2D eigenvalue weighted by atomic mass is 10.1. The maximum absolute atomic E-state index is 5.90. The number of nitrogens with one attached hydrogen (secondary N) is 1. The van der Waals surface area contributed by atoms with Crippen LogP contribution in [0.3, 0.4) is 0 Å². The Balaban J connectivity index is 0.00000264. The van der Waals surface area contributed by atoms with Gasteiger partial charge in [-0.1, -0.05) is 23.7 Å². The Bertz CT molecular complexity index is 481. The van der Waals surface area contributed by atoms with Gasteiger partial charge >= 0.3 is 0 Å². The second-order valence-corrected chi connectivity index (χ2v) is 6.20. The van der Waals surface area contributed by atoms with Crippen LogP contribution in [0, 0.1) is 5.92 Å². The number of hydrogen-bond donors (Lipinski definition) is 1. The van der Waals surface area contributed by atoms with Crippen molar-refractivity contribution in [2.24, 2.45) is 10.9 Å². The summed E-state index contributed by atoms with van der Waals surface area (Å²) in [6.45, 7) is 3.86. The predicted molar refractivity (Wildman–Crippen MR) is 108 cm³/mol. The second-order valence-electron chi connectivity index (χ2n) is 5.76. The molecular weight excluding hydrogens is 425 g/mol. The van der Waals surface area contributed by atoms with E-state index in [1.165, 1.54) is 12.0 Å². The number of ether oxygens (including phenoxy) is 1. The van der Waals surface area contributed by atoms with Crippen LogP contribution in [0.1, 0.15) is 18.4 Å². The summed E-state index contributed by atoms with van der Waals surface area (Å²) < 4.78 is 5.25. The van der Waals surface area contributed by atoms with Crippen molar-refractivity contribution in [3.8, 4) is 0 Å². The van der Waals surface area contributed by atoms with Gasteiger partial charge in [0.1, 0.15) is 0 Å². The number of nitrogens with zero attached hydrogens (tertiary/aromatic N) is 2. The molecule has 130 valence electrons. The first-order valence-corrected chi connectivity index (χ1v) is 8.29. The van der Waals surface area contributed by atoms with Crippen LogP contribution >= 0.6 is 35.6 Å². The zero-order valence-corrected chi connectivity index (χ0v) is 17.0. The van der Waals surface area contributed by atoms with Crippen molar-refractivity contribution in [1.82, 2.24) is 10.2 Å². The molecule has 1 saturated heterocycles. The molecule has 0 bridgehead atoms. The molecule has 0 saturated carbocycles. The summed E-state index contributed by atoms with van der Waals surface area (Å²) in [5.74, 6) is 1.63. The highest BCUT2D eigenvalue weighted by atomic mass is 127. The van der Waals surface area contributed by atoms with E-state index in [2.05, 4.69) is 27.3 Å². The maximum atomic E-state index is 5.90. The average molecular weight is 452 g/mol. The smallest absolute Gasteiger partial charge is 0.193 e.